The number of para-hydroxylation sites is 6. The van der Waals surface area contributed by atoms with Gasteiger partial charge in [0, 0.05) is 66.5 Å². The minimum atomic E-state index is -5.02. The van der Waals surface area contributed by atoms with Crippen LogP contribution in [0.4, 0.5) is 86.8 Å². The summed E-state index contributed by atoms with van der Waals surface area (Å²) in [6.07, 6.45) is -20.1. The zero-order valence-corrected chi connectivity index (χ0v) is 46.3. The van der Waals surface area contributed by atoms with Crippen molar-refractivity contribution in [2.45, 2.75) is 24.7 Å². The molecule has 0 aliphatic rings. The first-order valence-electron chi connectivity index (χ1n) is 27.6. The molecule has 0 saturated carbocycles. The molecule has 0 amide bonds. The van der Waals surface area contributed by atoms with Crippen molar-refractivity contribution in [3.63, 3.8) is 0 Å². The molecule has 0 radical (unpaired) electrons. The number of nitrogens with zero attached hydrogens (tertiary/aromatic N) is 6. The van der Waals surface area contributed by atoms with Crippen LogP contribution in [0, 0.1) is 22.7 Å². The number of benzene rings is 11. The Bertz CT molecular complexity index is 4500. The summed E-state index contributed by atoms with van der Waals surface area (Å²) < 4.78 is 182. The van der Waals surface area contributed by atoms with E-state index in [0.717, 1.165) is 48.5 Å². The lowest BCUT2D eigenvalue weighted by atomic mass is 9.85. The van der Waals surface area contributed by atoms with Gasteiger partial charge in [0.1, 0.15) is 12.1 Å². The van der Waals surface area contributed by atoms with Crippen LogP contribution in [0.5, 0.6) is 0 Å². The minimum Gasteiger partial charge on any atom is -0.310 e. The Morgan fingerprint density at radius 1 is 0.289 bits per heavy atom. The van der Waals surface area contributed by atoms with Crippen LogP contribution in [0.15, 0.2) is 243 Å². The van der Waals surface area contributed by atoms with Gasteiger partial charge in [0.05, 0.1) is 78.2 Å². The standard InChI is InChI=1S/C72H40F12N6/c73-69(74,75)43-29-33-61-53(37-43)54-38-44(70(76,77)78)30-34-62(54)89(61)67-58(42-86)66(52-26-14-16-28-60(52)88(49-21-9-3-10-22-49)50-23-11-4-12-24-50)68(90-63-35-31-45(71(79,80)81)39-55(63)56-40-46(72(82,83)84)32-36-64(56)90)57(41-85)65(67)51-25-13-15-27-59(51)87(47-17-5-1-6-18-47)48-19-7-2-8-20-48/h1-40H. The first-order valence-corrected chi connectivity index (χ1v) is 27.6. The number of nitriles is 2. The second-order valence-electron chi connectivity index (χ2n) is 21.1. The van der Waals surface area contributed by atoms with Crippen LogP contribution in [-0.4, -0.2) is 9.13 Å². The lowest BCUT2D eigenvalue weighted by Gasteiger charge is -2.32. The van der Waals surface area contributed by atoms with Crippen molar-refractivity contribution in [2.24, 2.45) is 0 Å². The second kappa shape index (κ2) is 21.9. The van der Waals surface area contributed by atoms with E-state index in [-0.39, 0.29) is 88.4 Å². The highest BCUT2D eigenvalue weighted by molar-refractivity contribution is 6.15. The molecule has 0 fully saturated rings. The van der Waals surface area contributed by atoms with Gasteiger partial charge in [-0.15, -0.1) is 0 Å². The van der Waals surface area contributed by atoms with E-state index < -0.39 is 47.0 Å². The Labute approximate surface area is 504 Å². The van der Waals surface area contributed by atoms with Gasteiger partial charge in [-0.2, -0.15) is 63.2 Å². The minimum absolute atomic E-state index is 0.123. The Balaban J connectivity index is 1.32. The Morgan fingerprint density at radius 2 is 0.522 bits per heavy atom. The summed E-state index contributed by atoms with van der Waals surface area (Å²) in [5.74, 6) is 0. The predicted octanol–water partition coefficient (Wildman–Crippen LogP) is 22.0. The lowest BCUT2D eigenvalue weighted by Crippen LogP contribution is -2.15. The van der Waals surface area contributed by atoms with Gasteiger partial charge >= 0.3 is 24.7 Å². The van der Waals surface area contributed by atoms with Crippen LogP contribution in [0.2, 0.25) is 0 Å². The van der Waals surface area contributed by atoms with E-state index in [1.807, 2.05) is 9.80 Å². The maximum Gasteiger partial charge on any atom is 0.416 e. The number of fused-ring (bicyclic) bond motifs is 6. The molecular formula is C72H40F12N6. The van der Waals surface area contributed by atoms with E-state index in [0.29, 0.717) is 58.4 Å². The highest BCUT2D eigenvalue weighted by Gasteiger charge is 2.39. The molecule has 6 nitrogen and oxygen atoms in total. The van der Waals surface area contributed by atoms with Gasteiger partial charge in [-0.1, -0.05) is 109 Å². The molecule has 18 heteroatoms. The van der Waals surface area contributed by atoms with E-state index in [2.05, 4.69) is 12.1 Å². The van der Waals surface area contributed by atoms with Crippen molar-refractivity contribution in [1.82, 2.24) is 9.13 Å². The molecule has 0 N–H and O–H groups in total. The smallest absolute Gasteiger partial charge is 0.310 e. The first kappa shape index (κ1) is 57.8. The summed E-state index contributed by atoms with van der Waals surface area (Å²) >= 11 is 0. The van der Waals surface area contributed by atoms with Gasteiger partial charge in [0.15, 0.2) is 0 Å². The van der Waals surface area contributed by atoms with Gasteiger partial charge in [0.25, 0.3) is 0 Å². The largest absolute Gasteiger partial charge is 0.416 e. The molecule has 2 heterocycles. The van der Waals surface area contributed by atoms with E-state index in [9.17, 15) is 63.2 Å². The topological polar surface area (TPSA) is 63.9 Å². The Morgan fingerprint density at radius 3 is 0.756 bits per heavy atom. The number of anilines is 6. The third-order valence-corrected chi connectivity index (χ3v) is 15.8. The molecule has 11 aromatic carbocycles. The summed E-state index contributed by atoms with van der Waals surface area (Å²) in [5, 5.41) is 23.9. The average molecular weight is 1220 g/mol. The highest BCUT2D eigenvalue weighted by Crippen LogP contribution is 2.55. The molecule has 0 aliphatic heterocycles. The van der Waals surface area contributed by atoms with Crippen LogP contribution < -0.4 is 9.80 Å². The zero-order chi connectivity index (χ0) is 63.0. The molecule has 0 bridgehead atoms. The third kappa shape index (κ3) is 9.92. The molecule has 0 saturated heterocycles. The summed E-state index contributed by atoms with van der Waals surface area (Å²) in [6, 6.07) is 63.6. The van der Waals surface area contributed by atoms with E-state index in [1.165, 1.54) is 9.13 Å². The number of halogens is 12. The molecule has 2 aromatic heterocycles. The van der Waals surface area contributed by atoms with E-state index >= 15 is 0 Å². The Hall–Kier alpha value is -11.2. The molecule has 0 unspecified atom stereocenters. The number of rotatable bonds is 10. The average Bonchev–Trinajstić information content (AvgIpc) is 1.32. The molecule has 90 heavy (non-hydrogen) atoms. The van der Waals surface area contributed by atoms with Gasteiger partial charge < -0.3 is 18.9 Å². The first-order chi connectivity index (χ1) is 43.1. The molecule has 0 aliphatic carbocycles. The lowest BCUT2D eigenvalue weighted by molar-refractivity contribution is -0.138. The van der Waals surface area contributed by atoms with Crippen molar-refractivity contribution in [3.05, 3.63) is 276 Å². The summed E-state index contributed by atoms with van der Waals surface area (Å²) in [5.41, 5.74) is -4.13. The molecule has 442 valence electrons. The van der Waals surface area contributed by atoms with Gasteiger partial charge in [0.2, 0.25) is 0 Å². The van der Waals surface area contributed by atoms with Crippen molar-refractivity contribution < 1.29 is 52.7 Å². The van der Waals surface area contributed by atoms with Gasteiger partial charge in [-0.25, -0.2) is 0 Å². The number of alkyl halides is 12. The molecule has 13 rings (SSSR count). The van der Waals surface area contributed by atoms with E-state index in [4.69, 9.17) is 0 Å². The van der Waals surface area contributed by atoms with Crippen molar-refractivity contribution >= 4 is 77.7 Å². The normalized spacial score (nSPS) is 12.2. The monoisotopic (exact) mass is 1220 g/mol. The fourth-order valence-electron chi connectivity index (χ4n) is 12.1. The van der Waals surface area contributed by atoms with Crippen molar-refractivity contribution in [3.8, 4) is 45.8 Å². The predicted molar refractivity (Wildman–Crippen MR) is 325 cm³/mol. The fourth-order valence-corrected chi connectivity index (χ4v) is 12.1. The second-order valence-corrected chi connectivity index (χ2v) is 21.1. The van der Waals surface area contributed by atoms with Crippen LogP contribution in [-0.2, 0) is 24.7 Å². The van der Waals surface area contributed by atoms with Crippen molar-refractivity contribution in [2.75, 3.05) is 9.80 Å². The van der Waals surface area contributed by atoms with Crippen molar-refractivity contribution in [1.29, 1.82) is 10.5 Å². The van der Waals surface area contributed by atoms with Gasteiger partial charge in [-0.3, -0.25) is 0 Å². The Kier molecular flexibility index (Phi) is 14.0. The highest BCUT2D eigenvalue weighted by atomic mass is 19.4. The van der Waals surface area contributed by atoms with Crippen LogP contribution in [0.25, 0.3) is 77.2 Å². The fraction of sp³-hybridized carbons (Fsp3) is 0.0556. The van der Waals surface area contributed by atoms with Crippen LogP contribution in [0.3, 0.4) is 0 Å². The van der Waals surface area contributed by atoms with E-state index in [1.54, 1.807) is 170 Å². The number of hydrogen-bond acceptors (Lipinski definition) is 4. The number of hydrogen-bond donors (Lipinski definition) is 0. The zero-order valence-electron chi connectivity index (χ0n) is 46.3. The third-order valence-electron chi connectivity index (χ3n) is 15.8. The molecule has 0 spiro atoms. The maximum absolute atomic E-state index is 15.0. The molecule has 13 aromatic rings. The molecular weight excluding hydrogens is 1180 g/mol. The van der Waals surface area contributed by atoms with Crippen LogP contribution >= 0.6 is 0 Å². The molecule has 0 atom stereocenters. The summed E-state index contributed by atoms with van der Waals surface area (Å²) in [4.78, 5) is 3.64. The summed E-state index contributed by atoms with van der Waals surface area (Å²) in [7, 11) is 0. The summed E-state index contributed by atoms with van der Waals surface area (Å²) in [6.45, 7) is 0. The maximum atomic E-state index is 15.0. The van der Waals surface area contributed by atoms with Gasteiger partial charge in [-0.05, 0) is 133 Å². The van der Waals surface area contributed by atoms with Crippen LogP contribution in [0.1, 0.15) is 33.4 Å². The quantitative estimate of drug-likeness (QED) is 0.128. The number of aromatic nitrogens is 2. The SMILES string of the molecule is N#Cc1c(-c2ccccc2N(c2ccccc2)c2ccccc2)c(-n2c3ccc(C(F)(F)F)cc3c3cc(C(F)(F)F)ccc32)c(C#N)c(-c2ccccc2N(c2ccccc2)c2ccccc2)c1-n1c2ccc(C(F)(F)F)cc2c2cc(C(F)(F)F)ccc21.